The first-order valence-electron chi connectivity index (χ1n) is 44.6. The predicted molar refractivity (Wildman–Crippen MR) is 441 cm³/mol. The third-order valence-electron chi connectivity index (χ3n) is 19.9. The van der Waals surface area contributed by atoms with Crippen molar-refractivity contribution < 1.29 is 79.9 Å². The number of phosphoric acid groups is 2. The van der Waals surface area contributed by atoms with Gasteiger partial charge >= 0.3 is 33.6 Å². The monoisotopic (exact) mass is 1580 g/mol. The molecule has 0 fully saturated rings. The van der Waals surface area contributed by atoms with Crippen LogP contribution in [-0.2, 0) is 65.4 Å². The standard InChI is InChI=1S/C85H168N4O17P2/c1-9-13-17-21-23-27-37-45-53-61-83(92)105-79(57-49-39-19-15-11-3)63-67-99-71-77(88-81(90)59-51-43-35-31-25-29-33-41-47-55-75(5)6)73-103-107(95,96)101-69-65-86-85(94)87-66-70-102-108(97,98)104-74-78(89-82(91)60-52-44-36-32-26-30-34-42-48-56-76(7)8)72-100-68-64-80(58-50-40-20-16-12-4)106-84(93)62-54-46-38-28-24-22-18-14-10-2/h75-80H,9-74H2,1-8H3,(H,88,90)(H,89,91)(H,95,96)(H,97,98)(H2,86,87,94)/t77-,78-,79-,80-/m1/s1. The lowest BCUT2D eigenvalue weighted by Gasteiger charge is -2.22. The Balaban J connectivity index is 5.59. The van der Waals surface area contributed by atoms with E-state index in [1.165, 1.54) is 154 Å². The van der Waals surface area contributed by atoms with Crippen LogP contribution < -0.4 is 21.3 Å². The van der Waals surface area contributed by atoms with E-state index in [0.717, 1.165) is 166 Å². The molecular formula is C85H168N4O17P2. The molecule has 4 amide bonds. The molecule has 21 nitrogen and oxygen atoms in total. The van der Waals surface area contributed by atoms with Gasteiger partial charge in [-0.1, -0.05) is 325 Å². The van der Waals surface area contributed by atoms with Crippen molar-refractivity contribution >= 4 is 45.4 Å². The summed E-state index contributed by atoms with van der Waals surface area (Å²) in [5, 5.41) is 10.9. The zero-order chi connectivity index (χ0) is 79.5. The smallest absolute Gasteiger partial charge is 0.462 e. The van der Waals surface area contributed by atoms with Crippen LogP contribution in [0.5, 0.6) is 0 Å². The predicted octanol–water partition coefficient (Wildman–Crippen LogP) is 22.6. The van der Waals surface area contributed by atoms with Crippen molar-refractivity contribution in [3.63, 3.8) is 0 Å². The lowest BCUT2D eigenvalue weighted by molar-refractivity contribution is -0.151. The van der Waals surface area contributed by atoms with Gasteiger partial charge in [0.05, 0.1) is 64.9 Å². The minimum absolute atomic E-state index is 0.0316. The zero-order valence-electron chi connectivity index (χ0n) is 70.5. The SMILES string of the molecule is CCCCCCCCCCCC(=O)O[C@H](CCCCCCC)CCOC[C@H](COP(=O)(O)OCCNC(=O)NCCOP(=O)(O)OC[C@@H](COCC[C@@H](CCCCCCC)OC(=O)CCCCCCCCCCC)NC(=O)CCCCCCCCCCCC(C)C)NC(=O)CCCCCCCCCCCC(C)C. The van der Waals surface area contributed by atoms with Gasteiger partial charge in [0, 0.05) is 51.6 Å². The number of carbonyl (C=O) groups excluding carboxylic acids is 5. The summed E-state index contributed by atoms with van der Waals surface area (Å²) in [5.41, 5.74) is 0. The molecule has 0 aromatic carbocycles. The van der Waals surface area contributed by atoms with Crippen molar-refractivity contribution in [3.8, 4) is 0 Å². The van der Waals surface area contributed by atoms with Gasteiger partial charge in [-0.05, 0) is 63.2 Å². The second-order valence-corrected chi connectivity index (χ2v) is 34.6. The number of rotatable bonds is 84. The fraction of sp³-hybridized carbons (Fsp3) is 0.941. The Morgan fingerprint density at radius 3 is 0.852 bits per heavy atom. The molecule has 0 saturated carbocycles. The molecule has 0 aliphatic heterocycles. The normalized spacial score (nSPS) is 14.0. The Hall–Kier alpha value is -2.71. The number of unbranched alkanes of at least 4 members (excludes halogenated alkanes) is 40. The van der Waals surface area contributed by atoms with E-state index in [-0.39, 0.29) is 88.3 Å². The van der Waals surface area contributed by atoms with Crippen LogP contribution in [0, 0.1) is 11.8 Å². The lowest BCUT2D eigenvalue weighted by Crippen LogP contribution is -2.41. The molecule has 0 aliphatic rings. The van der Waals surface area contributed by atoms with E-state index >= 15 is 0 Å². The van der Waals surface area contributed by atoms with Crippen LogP contribution >= 0.6 is 15.6 Å². The summed E-state index contributed by atoms with van der Waals surface area (Å²) in [5.74, 6) is 0.641. The fourth-order valence-corrected chi connectivity index (χ4v) is 14.7. The molecule has 0 aliphatic carbocycles. The van der Waals surface area contributed by atoms with Crippen LogP contribution in [0.25, 0.3) is 0 Å². The van der Waals surface area contributed by atoms with Gasteiger partial charge in [-0.3, -0.25) is 37.3 Å². The Morgan fingerprint density at radius 1 is 0.306 bits per heavy atom. The number of amides is 4. The minimum atomic E-state index is -4.71. The molecule has 0 aromatic heterocycles. The van der Waals surface area contributed by atoms with Gasteiger partial charge in [-0.2, -0.15) is 0 Å². The van der Waals surface area contributed by atoms with Gasteiger partial charge in [-0.25, -0.2) is 13.9 Å². The summed E-state index contributed by atoms with van der Waals surface area (Å²) >= 11 is 0. The summed E-state index contributed by atoms with van der Waals surface area (Å²) in [6.45, 7) is 16.2. The zero-order valence-corrected chi connectivity index (χ0v) is 72.3. The van der Waals surface area contributed by atoms with E-state index < -0.39 is 60.2 Å². The minimum Gasteiger partial charge on any atom is -0.462 e. The van der Waals surface area contributed by atoms with Crippen molar-refractivity contribution in [3.05, 3.63) is 0 Å². The summed E-state index contributed by atoms with van der Waals surface area (Å²) in [4.78, 5) is 86.9. The third-order valence-corrected chi connectivity index (χ3v) is 21.9. The second kappa shape index (κ2) is 76.9. The average molecular weight is 1580 g/mol. The first kappa shape index (κ1) is 105. The molecule has 23 heteroatoms. The van der Waals surface area contributed by atoms with Crippen molar-refractivity contribution in [1.29, 1.82) is 0 Å². The van der Waals surface area contributed by atoms with Crippen LogP contribution in [-0.4, -0.2) is 130 Å². The molecule has 0 spiro atoms. The number of urea groups is 1. The summed E-state index contributed by atoms with van der Waals surface area (Å²) in [6.07, 6.45) is 57.3. The maximum Gasteiger partial charge on any atom is 0.472 e. The first-order valence-corrected chi connectivity index (χ1v) is 47.6. The van der Waals surface area contributed by atoms with Gasteiger partial charge in [0.2, 0.25) is 11.8 Å². The highest BCUT2D eigenvalue weighted by molar-refractivity contribution is 7.47. The molecule has 6 atom stereocenters. The van der Waals surface area contributed by atoms with Crippen molar-refractivity contribution in [2.24, 2.45) is 11.8 Å². The topological polar surface area (TPSA) is 282 Å². The summed E-state index contributed by atoms with van der Waals surface area (Å²) in [7, 11) is -9.41. The molecule has 0 rings (SSSR count). The lowest BCUT2D eigenvalue weighted by atomic mass is 10.0. The largest absolute Gasteiger partial charge is 0.472 e. The molecule has 640 valence electrons. The molecule has 0 aromatic rings. The Bertz CT molecular complexity index is 2020. The molecule has 0 bridgehead atoms. The maximum atomic E-state index is 13.3. The highest BCUT2D eigenvalue weighted by Crippen LogP contribution is 2.44. The molecule has 0 saturated heterocycles. The van der Waals surface area contributed by atoms with Crippen LogP contribution in [0.1, 0.15) is 415 Å². The average Bonchev–Trinajstić information content (AvgIpc) is 0.914. The van der Waals surface area contributed by atoms with E-state index in [9.17, 15) is 42.9 Å². The van der Waals surface area contributed by atoms with Crippen molar-refractivity contribution in [2.45, 2.75) is 439 Å². The van der Waals surface area contributed by atoms with E-state index in [0.29, 0.717) is 38.5 Å². The Morgan fingerprint density at radius 2 is 0.565 bits per heavy atom. The number of hydrogen-bond acceptors (Lipinski definition) is 15. The van der Waals surface area contributed by atoms with Gasteiger partial charge in [0.1, 0.15) is 12.2 Å². The van der Waals surface area contributed by atoms with Gasteiger partial charge in [0.15, 0.2) is 0 Å². The quantitative estimate of drug-likeness (QED) is 0.0187. The van der Waals surface area contributed by atoms with E-state index in [2.05, 4.69) is 76.7 Å². The van der Waals surface area contributed by atoms with Gasteiger partial charge in [-0.15, -0.1) is 0 Å². The Kier molecular flexibility index (Phi) is 75.0. The van der Waals surface area contributed by atoms with Crippen LogP contribution in [0.2, 0.25) is 0 Å². The molecule has 2 unspecified atom stereocenters. The second-order valence-electron chi connectivity index (χ2n) is 31.6. The highest BCUT2D eigenvalue weighted by Gasteiger charge is 2.27. The summed E-state index contributed by atoms with van der Waals surface area (Å²) < 4.78 is 71.8. The van der Waals surface area contributed by atoms with Crippen LogP contribution in [0.4, 0.5) is 4.79 Å². The van der Waals surface area contributed by atoms with E-state index in [1.54, 1.807) is 0 Å². The first-order chi connectivity index (χ1) is 52.2. The number of nitrogens with one attached hydrogen (secondary N) is 4. The number of ether oxygens (including phenoxy) is 4. The van der Waals surface area contributed by atoms with Crippen LogP contribution in [0.15, 0.2) is 0 Å². The Labute approximate surface area is 660 Å². The fourth-order valence-electron chi connectivity index (χ4n) is 13.2. The van der Waals surface area contributed by atoms with Gasteiger partial charge in [0.25, 0.3) is 0 Å². The maximum absolute atomic E-state index is 13.3. The van der Waals surface area contributed by atoms with Crippen molar-refractivity contribution in [2.75, 3.05) is 65.9 Å². The summed E-state index contributed by atoms with van der Waals surface area (Å²) in [6, 6.07) is -2.33. The van der Waals surface area contributed by atoms with E-state index in [1.807, 2.05) is 0 Å². The number of carbonyl (C=O) groups is 5. The van der Waals surface area contributed by atoms with Crippen LogP contribution in [0.3, 0.4) is 0 Å². The molecule has 0 heterocycles. The van der Waals surface area contributed by atoms with Crippen molar-refractivity contribution in [1.82, 2.24) is 21.3 Å². The molecular weight excluding hydrogens is 1410 g/mol. The molecule has 0 radical (unpaired) electrons. The third kappa shape index (κ3) is 75.9. The number of phosphoric ester groups is 2. The molecule has 6 N–H and O–H groups in total. The van der Waals surface area contributed by atoms with Gasteiger partial charge < -0.3 is 50.0 Å². The number of hydrogen-bond donors (Lipinski definition) is 6. The number of esters is 2. The molecule has 108 heavy (non-hydrogen) atoms. The highest BCUT2D eigenvalue weighted by atomic mass is 31.2. The van der Waals surface area contributed by atoms with E-state index in [4.69, 9.17) is 37.0 Å².